The van der Waals surface area contributed by atoms with Crippen LogP contribution < -0.4 is 10.1 Å². The molecule has 7 nitrogen and oxygen atoms in total. The van der Waals surface area contributed by atoms with E-state index in [2.05, 4.69) is 5.32 Å². The number of hydrogen-bond acceptors (Lipinski definition) is 6. The fraction of sp³-hybridized carbons (Fsp3) is 0.435. The van der Waals surface area contributed by atoms with Crippen LogP contribution >= 0.6 is 0 Å². The zero-order chi connectivity index (χ0) is 22.3. The summed E-state index contributed by atoms with van der Waals surface area (Å²) in [5, 5.41) is 4.55. The summed E-state index contributed by atoms with van der Waals surface area (Å²) in [6, 6.07) is 10.6. The summed E-state index contributed by atoms with van der Waals surface area (Å²) < 4.78 is 15.1. The lowest BCUT2D eigenvalue weighted by Gasteiger charge is -2.22. The van der Waals surface area contributed by atoms with Crippen LogP contribution in [0.5, 0.6) is 5.75 Å². The molecule has 0 radical (unpaired) electrons. The highest BCUT2D eigenvalue weighted by atomic mass is 16.5. The van der Waals surface area contributed by atoms with Crippen LogP contribution in [-0.2, 0) is 23.9 Å². The van der Waals surface area contributed by atoms with E-state index in [1.807, 2.05) is 50.2 Å². The maximum absolute atomic E-state index is 12.4. The number of methoxy groups -OCH3 is 2. The van der Waals surface area contributed by atoms with Crippen LogP contribution in [0, 0.1) is 5.92 Å². The number of carbonyl (C=O) groups is 3. The predicted molar refractivity (Wildman–Crippen MR) is 113 cm³/mol. The second kappa shape index (κ2) is 10.6. The molecule has 3 atom stereocenters. The number of ether oxygens (including phenoxy) is 3. The first kappa shape index (κ1) is 23.2. The second-order valence-corrected chi connectivity index (χ2v) is 7.26. The van der Waals surface area contributed by atoms with Crippen molar-refractivity contribution in [1.29, 1.82) is 0 Å². The van der Waals surface area contributed by atoms with Gasteiger partial charge in [0.05, 0.1) is 20.1 Å². The molecule has 2 aromatic rings. The molecule has 0 spiro atoms. The second-order valence-electron chi connectivity index (χ2n) is 7.26. The van der Waals surface area contributed by atoms with Gasteiger partial charge in [0.1, 0.15) is 11.8 Å². The van der Waals surface area contributed by atoms with Gasteiger partial charge in [-0.1, -0.05) is 44.5 Å². The Labute approximate surface area is 176 Å². The Kier molecular flexibility index (Phi) is 8.21. The average Bonchev–Trinajstić information content (AvgIpc) is 2.78. The third kappa shape index (κ3) is 5.72. The summed E-state index contributed by atoms with van der Waals surface area (Å²) in [4.78, 5) is 36.5. The first-order chi connectivity index (χ1) is 14.3. The van der Waals surface area contributed by atoms with Crippen molar-refractivity contribution in [3.8, 4) is 5.75 Å². The highest BCUT2D eigenvalue weighted by Crippen LogP contribution is 2.25. The van der Waals surface area contributed by atoms with Crippen molar-refractivity contribution in [2.24, 2.45) is 5.92 Å². The molecule has 1 N–H and O–H groups in total. The topological polar surface area (TPSA) is 90.9 Å². The molecule has 1 amide bonds. The highest BCUT2D eigenvalue weighted by molar-refractivity contribution is 5.89. The molecule has 0 aliphatic carbocycles. The number of hydrogen-bond donors (Lipinski definition) is 1. The number of rotatable bonds is 9. The number of esters is 2. The van der Waals surface area contributed by atoms with Gasteiger partial charge in [-0.05, 0) is 41.3 Å². The van der Waals surface area contributed by atoms with Crippen molar-refractivity contribution in [3.05, 3.63) is 42.0 Å². The van der Waals surface area contributed by atoms with Crippen LogP contribution in [0.15, 0.2) is 36.4 Å². The Balaban J connectivity index is 1.99. The molecule has 0 bridgehead atoms. The minimum atomic E-state index is -0.777. The van der Waals surface area contributed by atoms with Crippen molar-refractivity contribution in [2.45, 2.75) is 39.2 Å². The Bertz CT molecular complexity index is 910. The molecule has 2 rings (SSSR count). The first-order valence-corrected chi connectivity index (χ1v) is 9.92. The minimum absolute atomic E-state index is 0.104. The zero-order valence-corrected chi connectivity index (χ0v) is 18.1. The SMILES string of the molecule is CC[C@@H](C)[C@H](NC(=O)COC(=O)[C@@H](C)c1ccc2cc(OC)ccc2c1)C(=O)OC. The quantitative estimate of drug-likeness (QED) is 0.633. The summed E-state index contributed by atoms with van der Waals surface area (Å²) in [5.41, 5.74) is 0.783. The van der Waals surface area contributed by atoms with E-state index in [-0.39, 0.29) is 5.92 Å². The first-order valence-electron chi connectivity index (χ1n) is 9.92. The lowest BCUT2D eigenvalue weighted by molar-refractivity contribution is -0.151. The van der Waals surface area contributed by atoms with Gasteiger partial charge >= 0.3 is 11.9 Å². The van der Waals surface area contributed by atoms with Crippen LogP contribution in [0.4, 0.5) is 0 Å². The van der Waals surface area contributed by atoms with Gasteiger partial charge in [-0.2, -0.15) is 0 Å². The molecule has 7 heteroatoms. The van der Waals surface area contributed by atoms with Crippen molar-refractivity contribution in [3.63, 3.8) is 0 Å². The average molecular weight is 415 g/mol. The number of fused-ring (bicyclic) bond motifs is 1. The predicted octanol–water partition coefficient (Wildman–Crippen LogP) is 3.20. The molecule has 0 heterocycles. The molecular weight excluding hydrogens is 386 g/mol. The van der Waals surface area contributed by atoms with Gasteiger partial charge in [0.15, 0.2) is 6.61 Å². The number of nitrogens with one attached hydrogen (secondary N) is 1. The normalized spacial score (nSPS) is 13.8. The van der Waals surface area contributed by atoms with E-state index < -0.39 is 36.4 Å². The van der Waals surface area contributed by atoms with Gasteiger partial charge in [0, 0.05) is 0 Å². The Hall–Kier alpha value is -3.09. The van der Waals surface area contributed by atoms with E-state index in [0.717, 1.165) is 22.1 Å². The van der Waals surface area contributed by atoms with Crippen LogP contribution in [0.2, 0.25) is 0 Å². The standard InChI is InChI=1S/C23H29NO6/c1-6-14(2)21(23(27)29-5)24-20(25)13-30-22(26)15(3)16-7-8-18-12-19(28-4)10-9-17(18)11-16/h7-12,14-15,21H,6,13H2,1-5H3,(H,24,25)/t14-,15+,21+/m1/s1. The Morgan fingerprint density at radius 3 is 2.27 bits per heavy atom. The molecule has 30 heavy (non-hydrogen) atoms. The molecule has 0 aromatic heterocycles. The van der Waals surface area contributed by atoms with Crippen molar-refractivity contribution in [2.75, 3.05) is 20.8 Å². The van der Waals surface area contributed by atoms with E-state index in [4.69, 9.17) is 14.2 Å². The molecule has 0 saturated carbocycles. The lowest BCUT2D eigenvalue weighted by atomic mass is 9.98. The molecule has 0 aliphatic heterocycles. The summed E-state index contributed by atoms with van der Waals surface area (Å²) >= 11 is 0. The molecule has 0 unspecified atom stereocenters. The zero-order valence-electron chi connectivity index (χ0n) is 18.1. The van der Waals surface area contributed by atoms with Crippen LogP contribution in [-0.4, -0.2) is 44.7 Å². The van der Waals surface area contributed by atoms with Crippen molar-refractivity contribution < 1.29 is 28.6 Å². The third-order valence-corrected chi connectivity index (χ3v) is 5.26. The van der Waals surface area contributed by atoms with Gasteiger partial charge in [-0.3, -0.25) is 9.59 Å². The molecule has 0 fully saturated rings. The van der Waals surface area contributed by atoms with Crippen LogP contribution in [0.3, 0.4) is 0 Å². The lowest BCUT2D eigenvalue weighted by Crippen LogP contribution is -2.47. The molecule has 2 aromatic carbocycles. The molecule has 0 aliphatic rings. The third-order valence-electron chi connectivity index (χ3n) is 5.26. The fourth-order valence-corrected chi connectivity index (χ4v) is 3.05. The van der Waals surface area contributed by atoms with E-state index in [1.165, 1.54) is 7.11 Å². The summed E-state index contributed by atoms with van der Waals surface area (Å²) in [7, 11) is 2.88. The van der Waals surface area contributed by atoms with Gasteiger partial charge in [0.2, 0.25) is 0 Å². The number of amides is 1. The summed E-state index contributed by atoms with van der Waals surface area (Å²) in [6.07, 6.45) is 0.685. The van der Waals surface area contributed by atoms with Crippen molar-refractivity contribution in [1.82, 2.24) is 5.32 Å². The fourth-order valence-electron chi connectivity index (χ4n) is 3.05. The number of benzene rings is 2. The minimum Gasteiger partial charge on any atom is -0.497 e. The summed E-state index contributed by atoms with van der Waals surface area (Å²) in [5.74, 6) is -1.47. The van der Waals surface area contributed by atoms with Crippen molar-refractivity contribution >= 4 is 28.6 Å². The van der Waals surface area contributed by atoms with Gasteiger partial charge in [0.25, 0.3) is 5.91 Å². The largest absolute Gasteiger partial charge is 0.497 e. The maximum Gasteiger partial charge on any atom is 0.328 e. The number of carbonyl (C=O) groups excluding carboxylic acids is 3. The molecule has 0 saturated heterocycles. The van der Waals surface area contributed by atoms with Crippen LogP contribution in [0.1, 0.15) is 38.7 Å². The Morgan fingerprint density at radius 2 is 1.63 bits per heavy atom. The molecular formula is C23H29NO6. The molecule has 162 valence electrons. The summed E-state index contributed by atoms with van der Waals surface area (Å²) in [6.45, 7) is 5.01. The van der Waals surface area contributed by atoms with E-state index in [9.17, 15) is 14.4 Å². The van der Waals surface area contributed by atoms with Gasteiger partial charge < -0.3 is 19.5 Å². The smallest absolute Gasteiger partial charge is 0.328 e. The van der Waals surface area contributed by atoms with Gasteiger partial charge in [-0.15, -0.1) is 0 Å². The Morgan fingerprint density at radius 1 is 0.967 bits per heavy atom. The van der Waals surface area contributed by atoms with Crippen LogP contribution in [0.25, 0.3) is 10.8 Å². The van der Waals surface area contributed by atoms with E-state index in [1.54, 1.807) is 14.0 Å². The highest BCUT2D eigenvalue weighted by Gasteiger charge is 2.27. The maximum atomic E-state index is 12.4. The van der Waals surface area contributed by atoms with Gasteiger partial charge in [-0.25, -0.2) is 4.79 Å². The van der Waals surface area contributed by atoms with E-state index >= 15 is 0 Å². The van der Waals surface area contributed by atoms with E-state index in [0.29, 0.717) is 6.42 Å². The monoisotopic (exact) mass is 415 g/mol.